The van der Waals surface area contributed by atoms with Crippen molar-refractivity contribution in [1.82, 2.24) is 0 Å². The minimum atomic E-state index is -4.55. The highest BCUT2D eigenvalue weighted by Gasteiger charge is 2.12. The van der Waals surface area contributed by atoms with Crippen LogP contribution in [0.2, 0.25) is 0 Å². The minimum Gasteiger partial charge on any atom is -0.480 e. The third kappa shape index (κ3) is 4.81. The van der Waals surface area contributed by atoms with Crippen LogP contribution in [-0.4, -0.2) is 30.1 Å². The van der Waals surface area contributed by atoms with Crippen LogP contribution in [0.15, 0.2) is 24.3 Å². The SMILES string of the molecule is NC(Cc1ccc(OS(=O)(=O)O)cc1)C(=O)O. The van der Waals surface area contributed by atoms with Crippen molar-refractivity contribution in [3.63, 3.8) is 0 Å². The molecular formula is C9H11NO6S. The zero-order chi connectivity index (χ0) is 13.1. The molecule has 0 amide bonds. The first kappa shape index (κ1) is 13.4. The quantitative estimate of drug-likeness (QED) is 0.627. The molecule has 0 aromatic heterocycles. The Balaban J connectivity index is 2.72. The van der Waals surface area contributed by atoms with Crippen molar-refractivity contribution in [2.24, 2.45) is 5.73 Å². The molecule has 94 valence electrons. The van der Waals surface area contributed by atoms with Gasteiger partial charge in [0.15, 0.2) is 0 Å². The van der Waals surface area contributed by atoms with E-state index in [2.05, 4.69) is 4.18 Å². The Hall–Kier alpha value is -1.64. The maximum Gasteiger partial charge on any atom is 0.446 e. The monoisotopic (exact) mass is 261 g/mol. The van der Waals surface area contributed by atoms with Gasteiger partial charge in [-0.3, -0.25) is 9.35 Å². The van der Waals surface area contributed by atoms with E-state index in [1.54, 1.807) is 0 Å². The van der Waals surface area contributed by atoms with Crippen LogP contribution in [0, 0.1) is 0 Å². The molecule has 0 spiro atoms. The van der Waals surface area contributed by atoms with E-state index in [9.17, 15) is 13.2 Å². The average Bonchev–Trinajstić information content (AvgIpc) is 2.18. The lowest BCUT2D eigenvalue weighted by molar-refractivity contribution is -0.138. The zero-order valence-corrected chi connectivity index (χ0v) is 9.42. The van der Waals surface area contributed by atoms with E-state index < -0.39 is 22.4 Å². The Morgan fingerprint density at radius 1 is 1.35 bits per heavy atom. The van der Waals surface area contributed by atoms with Crippen molar-refractivity contribution in [3.05, 3.63) is 29.8 Å². The summed E-state index contributed by atoms with van der Waals surface area (Å²) in [5.74, 6) is -1.19. The Bertz CT molecular complexity index is 495. The lowest BCUT2D eigenvalue weighted by Gasteiger charge is -2.07. The summed E-state index contributed by atoms with van der Waals surface area (Å²) in [7, 11) is -4.55. The fraction of sp³-hybridized carbons (Fsp3) is 0.222. The molecule has 7 nitrogen and oxygen atoms in total. The third-order valence-corrected chi connectivity index (χ3v) is 2.30. The standard InChI is InChI=1S/C9H11NO6S/c10-8(9(11)12)5-6-1-3-7(4-2-6)16-17(13,14)15/h1-4,8H,5,10H2,(H,11,12)(H,13,14,15). The van der Waals surface area contributed by atoms with E-state index in [1.165, 1.54) is 24.3 Å². The van der Waals surface area contributed by atoms with Crippen LogP contribution in [0.1, 0.15) is 5.56 Å². The average molecular weight is 261 g/mol. The maximum absolute atomic E-state index is 10.5. The summed E-state index contributed by atoms with van der Waals surface area (Å²) in [5, 5.41) is 8.59. The van der Waals surface area contributed by atoms with Crippen molar-refractivity contribution < 1.29 is 27.1 Å². The van der Waals surface area contributed by atoms with Gasteiger partial charge in [-0.05, 0) is 24.1 Å². The van der Waals surface area contributed by atoms with Crippen molar-refractivity contribution in [2.75, 3.05) is 0 Å². The summed E-state index contributed by atoms with van der Waals surface area (Å²) < 4.78 is 33.4. The normalized spacial score (nSPS) is 13.1. The number of carboxylic acid groups (broad SMARTS) is 1. The van der Waals surface area contributed by atoms with Crippen molar-refractivity contribution in [2.45, 2.75) is 12.5 Å². The van der Waals surface area contributed by atoms with Gasteiger partial charge in [0.05, 0.1) is 0 Å². The van der Waals surface area contributed by atoms with Crippen molar-refractivity contribution in [3.8, 4) is 5.75 Å². The number of carbonyl (C=O) groups is 1. The zero-order valence-electron chi connectivity index (χ0n) is 8.61. The Morgan fingerprint density at radius 3 is 2.29 bits per heavy atom. The third-order valence-electron chi connectivity index (χ3n) is 1.90. The Kier molecular flexibility index (Phi) is 4.05. The molecule has 0 saturated heterocycles. The summed E-state index contributed by atoms with van der Waals surface area (Å²) in [6.45, 7) is 0. The van der Waals surface area contributed by atoms with E-state index in [1.807, 2.05) is 0 Å². The summed E-state index contributed by atoms with van der Waals surface area (Å²) in [5.41, 5.74) is 5.94. The molecule has 17 heavy (non-hydrogen) atoms. The predicted octanol–water partition coefficient (Wildman–Crippen LogP) is -0.177. The van der Waals surface area contributed by atoms with Gasteiger partial charge in [0, 0.05) is 0 Å². The lowest BCUT2D eigenvalue weighted by atomic mass is 10.1. The molecule has 1 rings (SSSR count). The topological polar surface area (TPSA) is 127 Å². The van der Waals surface area contributed by atoms with Crippen LogP contribution in [0.3, 0.4) is 0 Å². The first-order valence-corrected chi connectivity index (χ1v) is 5.88. The van der Waals surface area contributed by atoms with E-state index in [4.69, 9.17) is 15.4 Å². The highest BCUT2D eigenvalue weighted by atomic mass is 32.3. The van der Waals surface area contributed by atoms with Gasteiger partial charge in [-0.25, -0.2) is 0 Å². The number of carboxylic acids is 1. The molecule has 0 fully saturated rings. The fourth-order valence-corrected chi connectivity index (χ4v) is 1.50. The van der Waals surface area contributed by atoms with Gasteiger partial charge < -0.3 is 15.0 Å². The van der Waals surface area contributed by atoms with Crippen LogP contribution in [0.5, 0.6) is 5.75 Å². The lowest BCUT2D eigenvalue weighted by Crippen LogP contribution is -2.32. The number of hydrogen-bond acceptors (Lipinski definition) is 5. The van der Waals surface area contributed by atoms with Gasteiger partial charge in [-0.2, -0.15) is 8.42 Å². The molecule has 0 radical (unpaired) electrons. The van der Waals surface area contributed by atoms with Crippen LogP contribution in [-0.2, 0) is 21.6 Å². The fourth-order valence-electron chi connectivity index (χ4n) is 1.14. The predicted molar refractivity (Wildman–Crippen MR) is 57.9 cm³/mol. The molecule has 1 unspecified atom stereocenters. The van der Waals surface area contributed by atoms with E-state index in [0.29, 0.717) is 5.56 Å². The van der Waals surface area contributed by atoms with E-state index in [-0.39, 0.29) is 12.2 Å². The number of rotatable bonds is 5. The molecule has 0 aliphatic heterocycles. The van der Waals surface area contributed by atoms with Crippen molar-refractivity contribution in [1.29, 1.82) is 0 Å². The van der Waals surface area contributed by atoms with E-state index >= 15 is 0 Å². The minimum absolute atomic E-state index is 0.0693. The summed E-state index contributed by atoms with van der Waals surface area (Å²) in [6, 6.07) is 4.48. The van der Waals surface area contributed by atoms with Crippen LogP contribution in [0.4, 0.5) is 0 Å². The molecule has 1 atom stereocenters. The molecular weight excluding hydrogens is 250 g/mol. The van der Waals surface area contributed by atoms with E-state index in [0.717, 1.165) is 0 Å². The summed E-state index contributed by atoms with van der Waals surface area (Å²) >= 11 is 0. The number of benzene rings is 1. The van der Waals surface area contributed by atoms with Gasteiger partial charge in [0.25, 0.3) is 0 Å². The van der Waals surface area contributed by atoms with Crippen molar-refractivity contribution >= 4 is 16.4 Å². The smallest absolute Gasteiger partial charge is 0.446 e. The summed E-state index contributed by atoms with van der Waals surface area (Å²) in [6.07, 6.45) is 0.113. The molecule has 0 aliphatic rings. The molecule has 0 aliphatic carbocycles. The van der Waals surface area contributed by atoms with Crippen LogP contribution in [0.25, 0.3) is 0 Å². The summed E-state index contributed by atoms with van der Waals surface area (Å²) in [4.78, 5) is 10.5. The molecule has 1 aromatic carbocycles. The largest absolute Gasteiger partial charge is 0.480 e. The number of nitrogens with two attached hydrogens (primary N) is 1. The first-order valence-electron chi connectivity index (χ1n) is 4.52. The first-order chi connectivity index (χ1) is 7.78. The molecule has 8 heteroatoms. The Labute approximate surface area is 97.8 Å². The van der Waals surface area contributed by atoms with Crippen LogP contribution >= 0.6 is 0 Å². The number of hydrogen-bond donors (Lipinski definition) is 3. The Morgan fingerprint density at radius 2 is 1.88 bits per heavy atom. The molecule has 1 aromatic rings. The molecule has 0 heterocycles. The van der Waals surface area contributed by atoms with Gasteiger partial charge >= 0.3 is 16.4 Å². The molecule has 0 bridgehead atoms. The van der Waals surface area contributed by atoms with Gasteiger partial charge in [-0.1, -0.05) is 12.1 Å². The van der Waals surface area contributed by atoms with Gasteiger partial charge in [0.1, 0.15) is 11.8 Å². The maximum atomic E-state index is 10.5. The second-order valence-corrected chi connectivity index (χ2v) is 4.33. The number of aliphatic carboxylic acids is 1. The second kappa shape index (κ2) is 5.13. The molecule has 4 N–H and O–H groups in total. The highest BCUT2D eigenvalue weighted by molar-refractivity contribution is 7.81. The van der Waals surface area contributed by atoms with Gasteiger partial charge in [-0.15, -0.1) is 0 Å². The highest BCUT2D eigenvalue weighted by Crippen LogP contribution is 2.14. The second-order valence-electron chi connectivity index (χ2n) is 3.30. The van der Waals surface area contributed by atoms with Crippen LogP contribution < -0.4 is 9.92 Å². The van der Waals surface area contributed by atoms with Gasteiger partial charge in [0.2, 0.25) is 0 Å². The molecule has 0 saturated carbocycles.